The van der Waals surface area contributed by atoms with E-state index in [0.717, 1.165) is 0 Å². The van der Waals surface area contributed by atoms with E-state index in [1.54, 1.807) is 0 Å². The van der Waals surface area contributed by atoms with E-state index in [0.29, 0.717) is 10.9 Å². The number of anilines is 1. The lowest BCUT2D eigenvalue weighted by atomic mass is 10.1. The van der Waals surface area contributed by atoms with Crippen LogP contribution in [0.3, 0.4) is 0 Å². The van der Waals surface area contributed by atoms with E-state index in [1.807, 2.05) is 6.07 Å². The molecule has 0 aliphatic carbocycles. The molecule has 0 aliphatic rings. The number of nitriles is 1. The van der Waals surface area contributed by atoms with Crippen LogP contribution in [0, 0.1) is 11.3 Å². The fraction of sp³-hybridized carbons (Fsp3) is 0.0909. The molecule has 2 aromatic rings. The van der Waals surface area contributed by atoms with Crippen molar-refractivity contribution >= 4 is 16.6 Å². The molecule has 0 amide bonds. The van der Waals surface area contributed by atoms with Crippen LogP contribution in [0.15, 0.2) is 24.4 Å². The molecule has 0 bridgehead atoms. The molecule has 1 aromatic heterocycles. The van der Waals surface area contributed by atoms with Gasteiger partial charge in [-0.2, -0.15) is 14.0 Å². The van der Waals surface area contributed by atoms with E-state index in [1.165, 1.54) is 24.4 Å². The highest BCUT2D eigenvalue weighted by Crippen LogP contribution is 2.27. The summed E-state index contributed by atoms with van der Waals surface area (Å²) in [6.45, 7) is -2.90. The molecule has 0 spiro atoms. The minimum atomic E-state index is -2.90. The van der Waals surface area contributed by atoms with Gasteiger partial charge in [0.05, 0.1) is 16.8 Å². The number of halogens is 2. The van der Waals surface area contributed by atoms with Crippen molar-refractivity contribution in [1.29, 1.82) is 5.26 Å². The third-order valence-electron chi connectivity index (χ3n) is 2.23. The molecule has 0 fully saturated rings. The summed E-state index contributed by atoms with van der Waals surface area (Å²) in [5.41, 5.74) is 6.65. The lowest BCUT2D eigenvalue weighted by Gasteiger charge is -2.07. The Balaban J connectivity index is 2.59. The zero-order chi connectivity index (χ0) is 12.4. The smallest absolute Gasteiger partial charge is 0.387 e. The Hall–Kier alpha value is -2.42. The highest BCUT2D eigenvalue weighted by molar-refractivity contribution is 5.93. The number of nitrogens with two attached hydrogens (primary N) is 1. The Morgan fingerprint density at radius 2 is 2.18 bits per heavy atom. The molecule has 17 heavy (non-hydrogen) atoms. The number of rotatable bonds is 2. The predicted molar refractivity (Wildman–Crippen MR) is 57.5 cm³/mol. The summed E-state index contributed by atoms with van der Waals surface area (Å²) in [6.07, 6.45) is 1.34. The largest absolute Gasteiger partial charge is 0.435 e. The van der Waals surface area contributed by atoms with Crippen LogP contribution in [0.5, 0.6) is 5.75 Å². The summed E-state index contributed by atoms with van der Waals surface area (Å²) in [7, 11) is 0. The van der Waals surface area contributed by atoms with Crippen LogP contribution in [-0.2, 0) is 0 Å². The summed E-state index contributed by atoms with van der Waals surface area (Å²) >= 11 is 0. The molecule has 0 saturated carbocycles. The van der Waals surface area contributed by atoms with E-state index in [9.17, 15) is 8.78 Å². The van der Waals surface area contributed by atoms with Crippen molar-refractivity contribution < 1.29 is 13.5 Å². The Labute approximate surface area is 95.2 Å². The first kappa shape index (κ1) is 11.1. The molecule has 0 saturated heterocycles. The number of aromatic nitrogens is 1. The number of nitrogen functional groups attached to an aromatic ring is 1. The Morgan fingerprint density at radius 1 is 1.41 bits per heavy atom. The van der Waals surface area contributed by atoms with Crippen LogP contribution >= 0.6 is 0 Å². The molecule has 1 heterocycles. The minimum Gasteiger partial charge on any atom is -0.435 e. The quantitative estimate of drug-likeness (QED) is 0.866. The van der Waals surface area contributed by atoms with Gasteiger partial charge in [-0.1, -0.05) is 0 Å². The van der Waals surface area contributed by atoms with Crippen molar-refractivity contribution in [3.63, 3.8) is 0 Å². The van der Waals surface area contributed by atoms with Crippen LogP contribution in [0.2, 0.25) is 0 Å². The first-order valence-corrected chi connectivity index (χ1v) is 4.65. The third-order valence-corrected chi connectivity index (χ3v) is 2.23. The summed E-state index contributed by atoms with van der Waals surface area (Å²) in [5, 5.41) is 9.19. The van der Waals surface area contributed by atoms with Gasteiger partial charge in [-0.3, -0.25) is 4.98 Å². The number of ether oxygens (including phenoxy) is 1. The van der Waals surface area contributed by atoms with Gasteiger partial charge in [-0.05, 0) is 18.2 Å². The van der Waals surface area contributed by atoms with Gasteiger partial charge in [0.25, 0.3) is 0 Å². The summed E-state index contributed by atoms with van der Waals surface area (Å²) in [5.74, 6) is -0.0175. The highest BCUT2D eigenvalue weighted by atomic mass is 19.3. The van der Waals surface area contributed by atoms with E-state index < -0.39 is 6.61 Å². The average Bonchev–Trinajstić information content (AvgIpc) is 2.29. The van der Waals surface area contributed by atoms with E-state index in [4.69, 9.17) is 11.0 Å². The van der Waals surface area contributed by atoms with Crippen molar-refractivity contribution in [1.82, 2.24) is 4.98 Å². The van der Waals surface area contributed by atoms with Gasteiger partial charge >= 0.3 is 6.61 Å². The van der Waals surface area contributed by atoms with Crippen LogP contribution < -0.4 is 10.5 Å². The van der Waals surface area contributed by atoms with Crippen molar-refractivity contribution in [3.05, 3.63) is 30.0 Å². The normalized spacial score (nSPS) is 10.5. The zero-order valence-corrected chi connectivity index (χ0v) is 8.52. The molecule has 2 N–H and O–H groups in total. The van der Waals surface area contributed by atoms with Crippen LogP contribution in [-0.4, -0.2) is 11.6 Å². The van der Waals surface area contributed by atoms with Gasteiger partial charge < -0.3 is 10.5 Å². The number of pyridine rings is 1. The lowest BCUT2D eigenvalue weighted by Crippen LogP contribution is -2.02. The maximum atomic E-state index is 12.0. The van der Waals surface area contributed by atoms with Crippen LogP contribution in [0.4, 0.5) is 14.5 Å². The molecule has 6 heteroatoms. The number of hydrogen-bond donors (Lipinski definition) is 1. The Bertz CT molecular complexity index is 607. The minimum absolute atomic E-state index is 0.0175. The second-order valence-corrected chi connectivity index (χ2v) is 3.25. The molecular formula is C11H7F2N3O. The average molecular weight is 235 g/mol. The number of benzene rings is 1. The molecule has 0 aliphatic heterocycles. The molecule has 4 nitrogen and oxygen atoms in total. The number of alkyl halides is 2. The van der Waals surface area contributed by atoms with Crippen molar-refractivity contribution in [2.24, 2.45) is 0 Å². The van der Waals surface area contributed by atoms with Gasteiger partial charge in [0.2, 0.25) is 0 Å². The van der Waals surface area contributed by atoms with Gasteiger partial charge in [0.15, 0.2) is 0 Å². The second-order valence-electron chi connectivity index (χ2n) is 3.25. The molecule has 0 atom stereocenters. The number of fused-ring (bicyclic) bond motifs is 1. The highest BCUT2D eigenvalue weighted by Gasteiger charge is 2.09. The van der Waals surface area contributed by atoms with Gasteiger partial charge in [-0.25, -0.2) is 0 Å². The number of nitrogens with zero attached hydrogens (tertiary/aromatic N) is 2. The zero-order valence-electron chi connectivity index (χ0n) is 8.52. The fourth-order valence-electron chi connectivity index (χ4n) is 1.46. The summed E-state index contributed by atoms with van der Waals surface area (Å²) in [6, 6.07) is 6.08. The molecular weight excluding hydrogens is 228 g/mol. The van der Waals surface area contributed by atoms with Gasteiger partial charge in [0.1, 0.15) is 11.8 Å². The summed E-state index contributed by atoms with van der Waals surface area (Å²) in [4.78, 5) is 3.99. The first-order valence-electron chi connectivity index (χ1n) is 4.65. The van der Waals surface area contributed by atoms with Crippen molar-refractivity contribution in [2.75, 3.05) is 5.73 Å². The van der Waals surface area contributed by atoms with E-state index in [-0.39, 0.29) is 17.0 Å². The van der Waals surface area contributed by atoms with Gasteiger partial charge in [-0.15, -0.1) is 0 Å². The molecule has 0 radical (unpaired) electrons. The van der Waals surface area contributed by atoms with Crippen LogP contribution in [0.1, 0.15) is 5.56 Å². The standard InChI is InChI=1S/C11H7F2N3O/c12-11(13)17-7-1-2-9-8(3-7)10(15)6(4-14)5-16-9/h1-3,5,11H,(H2,15,16). The third kappa shape index (κ3) is 2.08. The van der Waals surface area contributed by atoms with Gasteiger partial charge in [0, 0.05) is 11.6 Å². The van der Waals surface area contributed by atoms with E-state index in [2.05, 4.69) is 9.72 Å². The SMILES string of the molecule is N#Cc1cnc2ccc(OC(F)F)cc2c1N. The molecule has 86 valence electrons. The topological polar surface area (TPSA) is 71.9 Å². The molecule has 2 rings (SSSR count). The maximum Gasteiger partial charge on any atom is 0.387 e. The maximum absolute atomic E-state index is 12.0. The van der Waals surface area contributed by atoms with E-state index >= 15 is 0 Å². The monoisotopic (exact) mass is 235 g/mol. The Kier molecular flexibility index (Phi) is 2.75. The second kappa shape index (κ2) is 4.22. The number of hydrogen-bond acceptors (Lipinski definition) is 4. The van der Waals surface area contributed by atoms with Crippen molar-refractivity contribution in [3.8, 4) is 11.8 Å². The summed E-state index contributed by atoms with van der Waals surface area (Å²) < 4.78 is 28.3. The molecule has 0 unspecified atom stereocenters. The fourth-order valence-corrected chi connectivity index (χ4v) is 1.46. The first-order chi connectivity index (χ1) is 8.11. The van der Waals surface area contributed by atoms with Crippen molar-refractivity contribution in [2.45, 2.75) is 6.61 Å². The molecule has 1 aromatic carbocycles. The van der Waals surface area contributed by atoms with Crippen LogP contribution in [0.25, 0.3) is 10.9 Å². The Morgan fingerprint density at radius 3 is 2.82 bits per heavy atom. The predicted octanol–water partition coefficient (Wildman–Crippen LogP) is 2.29. The lowest BCUT2D eigenvalue weighted by molar-refractivity contribution is -0.0497.